The Morgan fingerprint density at radius 1 is 0.913 bits per heavy atom. The van der Waals surface area contributed by atoms with E-state index in [1.54, 1.807) is 42.5 Å². The highest BCUT2D eigenvalue weighted by Gasteiger charge is 2.14. The molecule has 23 heavy (non-hydrogen) atoms. The van der Waals surface area contributed by atoms with Crippen molar-refractivity contribution in [3.05, 3.63) is 72.0 Å². The highest BCUT2D eigenvalue weighted by atomic mass is 32.2. The summed E-state index contributed by atoms with van der Waals surface area (Å²) in [7, 11) is -3.60. The lowest BCUT2D eigenvalue weighted by Crippen LogP contribution is -2.12. The first-order chi connectivity index (χ1) is 10.9. The standard InChI is InChI=1S/C18H17NO3S/c1-13-6-9-17(10-7-13)23(20,21)19-16-5-3-4-15(12-16)18-11-8-14(2)22-18/h3-12,19H,1-2H3. The highest BCUT2D eigenvalue weighted by molar-refractivity contribution is 7.92. The molecule has 1 heterocycles. The van der Waals surface area contributed by atoms with Crippen LogP contribution in [0.3, 0.4) is 0 Å². The first kappa shape index (κ1) is 15.4. The van der Waals surface area contributed by atoms with E-state index < -0.39 is 10.0 Å². The lowest BCUT2D eigenvalue weighted by atomic mass is 10.1. The maximum absolute atomic E-state index is 12.4. The molecular formula is C18H17NO3S. The summed E-state index contributed by atoms with van der Waals surface area (Å²) < 4.78 is 33.0. The van der Waals surface area contributed by atoms with Crippen molar-refractivity contribution in [3.8, 4) is 11.3 Å². The lowest BCUT2D eigenvalue weighted by molar-refractivity contribution is 0.548. The predicted octanol–water partition coefficient (Wildman–Crippen LogP) is 4.36. The molecule has 2 aromatic carbocycles. The molecule has 1 aromatic heterocycles. The Hall–Kier alpha value is -2.53. The Kier molecular flexibility index (Phi) is 3.96. The largest absolute Gasteiger partial charge is 0.461 e. The number of sulfonamides is 1. The third kappa shape index (κ3) is 3.46. The van der Waals surface area contributed by atoms with Crippen molar-refractivity contribution < 1.29 is 12.8 Å². The van der Waals surface area contributed by atoms with Crippen LogP contribution in [0, 0.1) is 13.8 Å². The number of furan rings is 1. The number of hydrogen-bond acceptors (Lipinski definition) is 3. The SMILES string of the molecule is Cc1ccc(S(=O)(=O)Nc2cccc(-c3ccc(C)o3)c2)cc1. The molecule has 0 aliphatic carbocycles. The molecular weight excluding hydrogens is 310 g/mol. The van der Waals surface area contributed by atoms with Gasteiger partial charge in [-0.3, -0.25) is 4.72 Å². The van der Waals surface area contributed by atoms with Crippen molar-refractivity contribution in [2.75, 3.05) is 4.72 Å². The lowest BCUT2D eigenvalue weighted by Gasteiger charge is -2.09. The van der Waals surface area contributed by atoms with Gasteiger partial charge in [-0.1, -0.05) is 29.8 Å². The first-order valence-corrected chi connectivity index (χ1v) is 8.69. The van der Waals surface area contributed by atoms with E-state index in [1.165, 1.54) is 0 Å². The minimum absolute atomic E-state index is 0.238. The normalized spacial score (nSPS) is 11.4. The van der Waals surface area contributed by atoms with E-state index in [0.717, 1.165) is 16.9 Å². The summed E-state index contributed by atoms with van der Waals surface area (Å²) in [5.41, 5.74) is 2.33. The van der Waals surface area contributed by atoms with E-state index in [0.29, 0.717) is 11.4 Å². The average Bonchev–Trinajstić information content (AvgIpc) is 2.94. The third-order valence-corrected chi connectivity index (χ3v) is 4.87. The number of benzene rings is 2. The van der Waals surface area contributed by atoms with E-state index in [1.807, 2.05) is 32.0 Å². The van der Waals surface area contributed by atoms with Crippen LogP contribution in [-0.4, -0.2) is 8.42 Å². The summed E-state index contributed by atoms with van der Waals surface area (Å²) in [6.07, 6.45) is 0. The Balaban J connectivity index is 1.89. The Morgan fingerprint density at radius 2 is 1.65 bits per heavy atom. The monoisotopic (exact) mass is 327 g/mol. The van der Waals surface area contributed by atoms with Crippen LogP contribution in [0.4, 0.5) is 5.69 Å². The summed E-state index contributed by atoms with van der Waals surface area (Å²) in [5, 5.41) is 0. The number of nitrogens with one attached hydrogen (secondary N) is 1. The molecule has 118 valence electrons. The number of aryl methyl sites for hydroxylation is 2. The summed E-state index contributed by atoms with van der Waals surface area (Å²) in [6.45, 7) is 3.78. The van der Waals surface area contributed by atoms with Gasteiger partial charge in [0.2, 0.25) is 0 Å². The molecule has 0 saturated heterocycles. The quantitative estimate of drug-likeness (QED) is 0.774. The van der Waals surface area contributed by atoms with E-state index in [4.69, 9.17) is 4.42 Å². The van der Waals surface area contributed by atoms with E-state index in [9.17, 15) is 8.42 Å². The van der Waals surface area contributed by atoms with Crippen LogP contribution in [-0.2, 0) is 10.0 Å². The smallest absolute Gasteiger partial charge is 0.261 e. The summed E-state index contributed by atoms with van der Waals surface area (Å²) in [5.74, 6) is 1.52. The minimum atomic E-state index is -3.60. The highest BCUT2D eigenvalue weighted by Crippen LogP contribution is 2.26. The molecule has 0 amide bonds. The molecule has 0 saturated carbocycles. The molecule has 0 fully saturated rings. The Bertz CT molecular complexity index is 925. The van der Waals surface area contributed by atoms with Crippen LogP contribution in [0.5, 0.6) is 0 Å². The number of hydrogen-bond donors (Lipinski definition) is 1. The zero-order valence-corrected chi connectivity index (χ0v) is 13.7. The van der Waals surface area contributed by atoms with Crippen LogP contribution in [0.15, 0.2) is 70.0 Å². The van der Waals surface area contributed by atoms with Gasteiger partial charge >= 0.3 is 0 Å². The second-order valence-corrected chi connectivity index (χ2v) is 7.09. The van der Waals surface area contributed by atoms with Crippen LogP contribution >= 0.6 is 0 Å². The van der Waals surface area contributed by atoms with Gasteiger partial charge in [0.05, 0.1) is 4.90 Å². The van der Waals surface area contributed by atoms with Crippen LogP contribution < -0.4 is 4.72 Å². The molecule has 0 radical (unpaired) electrons. The molecule has 4 nitrogen and oxygen atoms in total. The number of rotatable bonds is 4. The van der Waals surface area contributed by atoms with Gasteiger partial charge in [0.1, 0.15) is 11.5 Å². The van der Waals surface area contributed by atoms with Gasteiger partial charge in [-0.2, -0.15) is 0 Å². The second-order valence-electron chi connectivity index (χ2n) is 5.41. The Morgan fingerprint density at radius 3 is 2.30 bits per heavy atom. The fourth-order valence-corrected chi connectivity index (χ4v) is 3.31. The maximum atomic E-state index is 12.4. The molecule has 0 aliphatic heterocycles. The van der Waals surface area contributed by atoms with Crippen molar-refractivity contribution >= 4 is 15.7 Å². The second kappa shape index (κ2) is 5.93. The average molecular weight is 327 g/mol. The molecule has 0 spiro atoms. The van der Waals surface area contributed by atoms with Crippen LogP contribution in [0.1, 0.15) is 11.3 Å². The van der Waals surface area contributed by atoms with Crippen LogP contribution in [0.25, 0.3) is 11.3 Å². The van der Waals surface area contributed by atoms with E-state index in [2.05, 4.69) is 4.72 Å². The van der Waals surface area contributed by atoms with E-state index >= 15 is 0 Å². The number of anilines is 1. The molecule has 0 bridgehead atoms. The zero-order chi connectivity index (χ0) is 16.4. The molecule has 3 aromatic rings. The van der Waals surface area contributed by atoms with Crippen molar-refractivity contribution in [1.29, 1.82) is 0 Å². The molecule has 1 N–H and O–H groups in total. The summed E-state index contributed by atoms with van der Waals surface area (Å²) >= 11 is 0. The van der Waals surface area contributed by atoms with Crippen molar-refractivity contribution in [1.82, 2.24) is 0 Å². The zero-order valence-electron chi connectivity index (χ0n) is 12.9. The minimum Gasteiger partial charge on any atom is -0.461 e. The molecule has 0 aliphatic rings. The maximum Gasteiger partial charge on any atom is 0.261 e. The Labute approximate surface area is 135 Å². The fraction of sp³-hybridized carbons (Fsp3) is 0.111. The van der Waals surface area contributed by atoms with Crippen LogP contribution in [0.2, 0.25) is 0 Å². The summed E-state index contributed by atoms with van der Waals surface area (Å²) in [4.78, 5) is 0.238. The van der Waals surface area contributed by atoms with Gasteiger partial charge < -0.3 is 4.42 Å². The molecule has 0 atom stereocenters. The molecule has 5 heteroatoms. The molecule has 3 rings (SSSR count). The van der Waals surface area contributed by atoms with Gasteiger partial charge in [-0.05, 0) is 50.2 Å². The molecule has 0 unspecified atom stereocenters. The van der Waals surface area contributed by atoms with Crippen molar-refractivity contribution in [2.45, 2.75) is 18.7 Å². The van der Waals surface area contributed by atoms with Gasteiger partial charge in [0.15, 0.2) is 0 Å². The van der Waals surface area contributed by atoms with Gasteiger partial charge in [0.25, 0.3) is 10.0 Å². The van der Waals surface area contributed by atoms with Gasteiger partial charge in [0, 0.05) is 11.3 Å². The topological polar surface area (TPSA) is 59.3 Å². The fourth-order valence-electron chi connectivity index (χ4n) is 2.26. The summed E-state index contributed by atoms with van der Waals surface area (Å²) in [6, 6.07) is 17.6. The van der Waals surface area contributed by atoms with E-state index in [-0.39, 0.29) is 4.90 Å². The third-order valence-electron chi connectivity index (χ3n) is 3.47. The van der Waals surface area contributed by atoms with Crippen molar-refractivity contribution in [3.63, 3.8) is 0 Å². The predicted molar refractivity (Wildman–Crippen MR) is 90.9 cm³/mol. The first-order valence-electron chi connectivity index (χ1n) is 7.20. The van der Waals surface area contributed by atoms with Gasteiger partial charge in [-0.25, -0.2) is 8.42 Å². The van der Waals surface area contributed by atoms with Gasteiger partial charge in [-0.15, -0.1) is 0 Å². The van der Waals surface area contributed by atoms with Crippen molar-refractivity contribution in [2.24, 2.45) is 0 Å².